The number of nitrogens with zero attached hydrogens (tertiary/aromatic N) is 1. The van der Waals surface area contributed by atoms with E-state index in [4.69, 9.17) is 0 Å². The first-order chi connectivity index (χ1) is 5.34. The molecule has 1 aromatic rings. The summed E-state index contributed by atoms with van der Waals surface area (Å²) in [5.74, 6) is 0.494. The van der Waals surface area contributed by atoms with Gasteiger partial charge < -0.3 is 5.32 Å². The lowest BCUT2D eigenvalue weighted by Gasteiger charge is -2.12. The molecule has 0 aliphatic rings. The molecule has 1 nitrogen and oxygen atoms in total. The number of hydrogen-bond donors (Lipinski definition) is 0. The predicted octanol–water partition coefficient (Wildman–Crippen LogP) is 2.19. The van der Waals surface area contributed by atoms with E-state index in [1.807, 2.05) is 6.07 Å². The molecule has 0 saturated carbocycles. The van der Waals surface area contributed by atoms with Gasteiger partial charge in [0.15, 0.2) is 0 Å². The summed E-state index contributed by atoms with van der Waals surface area (Å²) in [6.07, 6.45) is 0. The van der Waals surface area contributed by atoms with Crippen molar-refractivity contribution in [2.45, 2.75) is 12.8 Å². The van der Waals surface area contributed by atoms with Gasteiger partial charge in [0.25, 0.3) is 0 Å². The van der Waals surface area contributed by atoms with E-state index in [1.165, 1.54) is 5.56 Å². The van der Waals surface area contributed by atoms with Crippen LogP contribution in [0.25, 0.3) is 0 Å². The first-order valence-electron chi connectivity index (χ1n) is 3.82. The molecule has 1 unspecified atom stereocenters. The fourth-order valence-electron chi connectivity index (χ4n) is 1.08. The third-order valence-electron chi connectivity index (χ3n) is 1.77. The van der Waals surface area contributed by atoms with Crippen LogP contribution in [0.3, 0.4) is 0 Å². The molecule has 0 heterocycles. The molecule has 0 saturated heterocycles. The zero-order chi connectivity index (χ0) is 8.10. The van der Waals surface area contributed by atoms with Crippen LogP contribution in [0.2, 0.25) is 0 Å². The minimum atomic E-state index is 0.494. The molecule has 0 fully saturated rings. The van der Waals surface area contributed by atoms with E-state index in [9.17, 15) is 0 Å². The van der Waals surface area contributed by atoms with Gasteiger partial charge in [-0.25, -0.2) is 0 Å². The lowest BCUT2D eigenvalue weighted by molar-refractivity contribution is 0.690. The Bertz CT molecular complexity index is 193. The number of benzene rings is 1. The fraction of sp³-hybridized carbons (Fsp3) is 0.300. The van der Waals surface area contributed by atoms with Crippen LogP contribution in [-0.2, 0) is 0 Å². The maximum atomic E-state index is 3.86. The second-order valence-electron chi connectivity index (χ2n) is 2.72. The van der Waals surface area contributed by atoms with E-state index in [0.29, 0.717) is 5.92 Å². The first-order valence-corrected chi connectivity index (χ1v) is 3.82. The molecular formula is C10H13N-. The van der Waals surface area contributed by atoms with Crippen LogP contribution >= 0.6 is 0 Å². The van der Waals surface area contributed by atoms with Crippen LogP contribution in [0.15, 0.2) is 30.3 Å². The van der Waals surface area contributed by atoms with Gasteiger partial charge in [0.1, 0.15) is 0 Å². The maximum Gasteiger partial charge on any atom is -0.00766 e. The Morgan fingerprint density at radius 2 is 2.00 bits per heavy atom. The summed E-state index contributed by atoms with van der Waals surface area (Å²) >= 11 is 0. The minimum Gasteiger partial charge on any atom is -0.424 e. The highest BCUT2D eigenvalue weighted by atomic mass is 14.8. The Kier molecular flexibility index (Phi) is 3.12. The molecule has 0 spiro atoms. The Labute approximate surface area is 68.4 Å². The topological polar surface area (TPSA) is 14.1 Å². The molecule has 0 aliphatic carbocycles. The summed E-state index contributed by atoms with van der Waals surface area (Å²) in [5.41, 5.74) is 1.33. The molecule has 0 amide bonds. The first kappa shape index (κ1) is 8.28. The molecule has 1 radical (unpaired) electrons. The van der Waals surface area contributed by atoms with Gasteiger partial charge in [0.2, 0.25) is 0 Å². The van der Waals surface area contributed by atoms with E-state index in [0.717, 1.165) is 6.54 Å². The normalized spacial score (nSPS) is 12.9. The standard InChI is InChI=1S/C10H13N/c1-9(8-11-2)10-6-4-3-5-7-10/h3-7,9H,2,8H2,1H3/q-1. The Balaban J connectivity index is 2.61. The van der Waals surface area contributed by atoms with Gasteiger partial charge in [0.05, 0.1) is 0 Å². The summed E-state index contributed by atoms with van der Waals surface area (Å²) in [4.78, 5) is 0. The monoisotopic (exact) mass is 147 g/mol. The highest BCUT2D eigenvalue weighted by Crippen LogP contribution is 2.12. The van der Waals surface area contributed by atoms with Crippen molar-refractivity contribution in [3.63, 3.8) is 0 Å². The third kappa shape index (κ3) is 2.35. The van der Waals surface area contributed by atoms with Gasteiger partial charge in [0, 0.05) is 0 Å². The van der Waals surface area contributed by atoms with Gasteiger partial charge in [-0.15, -0.1) is 0 Å². The van der Waals surface area contributed by atoms with Crippen LogP contribution in [-0.4, -0.2) is 6.54 Å². The molecule has 1 atom stereocenters. The Hall–Kier alpha value is -0.820. The smallest absolute Gasteiger partial charge is 0.00766 e. The quantitative estimate of drug-likeness (QED) is 0.582. The van der Waals surface area contributed by atoms with Crippen LogP contribution in [0, 0.1) is 7.05 Å². The molecule has 11 heavy (non-hydrogen) atoms. The second-order valence-corrected chi connectivity index (χ2v) is 2.72. The third-order valence-corrected chi connectivity index (χ3v) is 1.77. The van der Waals surface area contributed by atoms with Crippen LogP contribution < -0.4 is 5.32 Å². The molecule has 1 aromatic carbocycles. The fourth-order valence-corrected chi connectivity index (χ4v) is 1.08. The highest BCUT2D eigenvalue weighted by molar-refractivity contribution is 5.18. The van der Waals surface area contributed by atoms with Gasteiger partial charge >= 0.3 is 0 Å². The van der Waals surface area contributed by atoms with Gasteiger partial charge in [-0.2, -0.15) is 0 Å². The second kappa shape index (κ2) is 4.14. The summed E-state index contributed by atoms with van der Waals surface area (Å²) in [6.45, 7) is 2.97. The molecule has 59 valence electrons. The molecule has 1 heteroatoms. The van der Waals surface area contributed by atoms with Gasteiger partial charge in [-0.1, -0.05) is 37.3 Å². The van der Waals surface area contributed by atoms with Crippen molar-refractivity contribution in [3.05, 3.63) is 42.9 Å². The summed E-state index contributed by atoms with van der Waals surface area (Å²) in [7, 11) is 3.48. The average Bonchev–Trinajstić information content (AvgIpc) is 2.07. The highest BCUT2D eigenvalue weighted by Gasteiger charge is 2.00. The van der Waals surface area contributed by atoms with Crippen molar-refractivity contribution < 1.29 is 0 Å². The zero-order valence-electron chi connectivity index (χ0n) is 6.83. The number of hydrogen-bond acceptors (Lipinski definition) is 0. The van der Waals surface area contributed by atoms with Crippen molar-refractivity contribution in [3.8, 4) is 0 Å². The van der Waals surface area contributed by atoms with Crippen molar-refractivity contribution >= 4 is 0 Å². The maximum absolute atomic E-state index is 3.86. The van der Waals surface area contributed by atoms with Crippen LogP contribution in [0.1, 0.15) is 18.4 Å². The lowest BCUT2D eigenvalue weighted by atomic mass is 10.0. The summed E-state index contributed by atoms with van der Waals surface area (Å²) in [6, 6.07) is 10.4. The minimum absolute atomic E-state index is 0.494. The summed E-state index contributed by atoms with van der Waals surface area (Å²) in [5, 5.41) is 3.86. The van der Waals surface area contributed by atoms with Gasteiger partial charge in [-0.3, -0.25) is 7.05 Å². The predicted molar refractivity (Wildman–Crippen MR) is 47.2 cm³/mol. The van der Waals surface area contributed by atoms with Crippen molar-refractivity contribution in [1.29, 1.82) is 0 Å². The van der Waals surface area contributed by atoms with Gasteiger partial charge in [-0.05, 0) is 18.0 Å². The summed E-state index contributed by atoms with van der Waals surface area (Å²) < 4.78 is 0. The molecule has 0 N–H and O–H groups in total. The SMILES string of the molecule is [CH2-][N]CC(C)c1ccccc1. The van der Waals surface area contributed by atoms with Crippen molar-refractivity contribution in [2.75, 3.05) is 6.54 Å². The average molecular weight is 147 g/mol. The zero-order valence-corrected chi connectivity index (χ0v) is 6.83. The van der Waals surface area contributed by atoms with Crippen molar-refractivity contribution in [1.82, 2.24) is 5.32 Å². The largest absolute Gasteiger partial charge is 0.424 e. The molecule has 0 aromatic heterocycles. The van der Waals surface area contributed by atoms with Crippen molar-refractivity contribution in [2.24, 2.45) is 0 Å². The van der Waals surface area contributed by atoms with E-state index in [1.54, 1.807) is 0 Å². The van der Waals surface area contributed by atoms with E-state index in [-0.39, 0.29) is 0 Å². The van der Waals surface area contributed by atoms with E-state index in [2.05, 4.69) is 43.6 Å². The molecule has 0 bridgehead atoms. The van der Waals surface area contributed by atoms with Crippen LogP contribution in [0.4, 0.5) is 0 Å². The molecule has 0 aliphatic heterocycles. The molecular weight excluding hydrogens is 134 g/mol. The van der Waals surface area contributed by atoms with E-state index >= 15 is 0 Å². The van der Waals surface area contributed by atoms with E-state index < -0.39 is 0 Å². The Morgan fingerprint density at radius 3 is 2.55 bits per heavy atom. The number of rotatable bonds is 3. The molecule has 1 rings (SSSR count). The van der Waals surface area contributed by atoms with Crippen LogP contribution in [0.5, 0.6) is 0 Å². The lowest BCUT2D eigenvalue weighted by Crippen LogP contribution is -2.06. The Morgan fingerprint density at radius 1 is 1.36 bits per heavy atom.